The van der Waals surface area contributed by atoms with E-state index in [2.05, 4.69) is 37.5 Å². The van der Waals surface area contributed by atoms with Gasteiger partial charge in [0.2, 0.25) is 0 Å². The maximum atomic E-state index is 13.4. The van der Waals surface area contributed by atoms with Crippen molar-refractivity contribution in [2.24, 2.45) is 10.2 Å². The predicted octanol–water partition coefficient (Wildman–Crippen LogP) is 4.54. The summed E-state index contributed by atoms with van der Waals surface area (Å²) in [5, 5.41) is 31.9. The van der Waals surface area contributed by atoms with E-state index >= 15 is 0 Å². The molecule has 38 heavy (non-hydrogen) atoms. The minimum absolute atomic E-state index is 0.0251. The number of ketones is 2. The molecule has 3 aromatic rings. The third kappa shape index (κ3) is 4.95. The number of anilines is 2. The van der Waals surface area contributed by atoms with Crippen molar-refractivity contribution in [3.63, 3.8) is 0 Å². The van der Waals surface area contributed by atoms with Crippen LogP contribution in [0.3, 0.4) is 0 Å². The van der Waals surface area contributed by atoms with Crippen LogP contribution in [-0.2, 0) is 4.74 Å². The molecule has 1 aromatic heterocycles. The number of nitrogens with one attached hydrogen (secondary N) is 3. The zero-order valence-corrected chi connectivity index (χ0v) is 21.3. The number of phenolic OH excluding ortho intramolecular Hbond substituents is 1. The van der Waals surface area contributed by atoms with Crippen LogP contribution in [0.25, 0.3) is 0 Å². The van der Waals surface area contributed by atoms with E-state index in [0.717, 1.165) is 6.42 Å². The van der Waals surface area contributed by atoms with E-state index in [1.54, 1.807) is 26.2 Å². The molecule has 11 heteroatoms. The van der Waals surface area contributed by atoms with Gasteiger partial charge in [-0.3, -0.25) is 9.59 Å². The minimum Gasteiger partial charge on any atom is -0.507 e. The number of carbonyl (C=O) groups excluding carboxylic acids is 2. The molecule has 0 saturated carbocycles. The lowest BCUT2D eigenvalue weighted by molar-refractivity contribution is 0.0977. The number of azo groups is 1. The second-order valence-corrected chi connectivity index (χ2v) is 8.50. The van der Waals surface area contributed by atoms with E-state index in [1.165, 1.54) is 24.3 Å². The first kappa shape index (κ1) is 26.4. The number of nitriles is 1. The second-order valence-electron chi connectivity index (χ2n) is 8.50. The Bertz CT molecular complexity index is 1480. The van der Waals surface area contributed by atoms with Crippen LogP contribution < -0.4 is 16.2 Å². The Balaban J connectivity index is 1.79. The summed E-state index contributed by atoms with van der Waals surface area (Å²) in [7, 11) is 1.58. The maximum absolute atomic E-state index is 13.4. The van der Waals surface area contributed by atoms with Gasteiger partial charge in [-0.1, -0.05) is 31.2 Å². The molecule has 0 bridgehead atoms. The number of hydrogen-bond donors (Lipinski definition) is 4. The summed E-state index contributed by atoms with van der Waals surface area (Å²) in [5.41, 5.74) is 7.69. The van der Waals surface area contributed by atoms with Gasteiger partial charge in [0.1, 0.15) is 23.3 Å². The van der Waals surface area contributed by atoms with Crippen LogP contribution in [0.4, 0.5) is 23.0 Å². The first-order valence-electron chi connectivity index (χ1n) is 12.0. The summed E-state index contributed by atoms with van der Waals surface area (Å²) in [4.78, 5) is 31.0. The molecule has 1 aliphatic carbocycles. The lowest BCUT2D eigenvalue weighted by Crippen LogP contribution is -2.23. The lowest BCUT2D eigenvalue weighted by atomic mass is 9.83. The van der Waals surface area contributed by atoms with Crippen molar-refractivity contribution in [1.29, 1.82) is 5.26 Å². The molecule has 0 radical (unpaired) electrons. The summed E-state index contributed by atoms with van der Waals surface area (Å²) < 4.78 is 5.08. The number of hydrazine groups is 1. The number of benzene rings is 2. The van der Waals surface area contributed by atoms with Crippen molar-refractivity contribution in [2.45, 2.75) is 20.3 Å². The molecular weight excluding hydrogens is 486 g/mol. The first-order chi connectivity index (χ1) is 18.4. The van der Waals surface area contributed by atoms with E-state index in [0.29, 0.717) is 48.1 Å². The van der Waals surface area contributed by atoms with E-state index in [9.17, 15) is 20.0 Å². The van der Waals surface area contributed by atoms with Crippen molar-refractivity contribution >= 4 is 34.6 Å². The number of fused-ring (bicyclic) bond motifs is 2. The molecule has 0 amide bonds. The molecule has 11 nitrogen and oxygen atoms in total. The Hall–Kier alpha value is -4.66. The molecule has 0 fully saturated rings. The average molecular weight is 514 g/mol. The summed E-state index contributed by atoms with van der Waals surface area (Å²) >= 11 is 0. The number of rotatable bonds is 10. The normalized spacial score (nSPS) is 12.3. The Kier molecular flexibility index (Phi) is 8.06. The molecule has 1 heterocycles. The highest BCUT2D eigenvalue weighted by atomic mass is 16.5. The second kappa shape index (κ2) is 11.6. The molecule has 1 aliphatic rings. The molecule has 0 aliphatic heterocycles. The van der Waals surface area contributed by atoms with Crippen LogP contribution in [-0.4, -0.2) is 48.5 Å². The number of ether oxygens (including phenoxy) is 1. The number of methoxy groups -OCH3 is 1. The standard InChI is InChI=1S/C27H27N7O4/c1-4-11-30-34-27-23(15(2)18(14-28)26(31-27)29-12-13-38-3)33-32-19-9-5-7-16-21(19)24(36)17-8-6-10-20(35)22(17)25(16)37/h5-10,30,35H,4,11-13H2,1-3H3,(H2,29,31,34)/b33-32+. The highest BCUT2D eigenvalue weighted by Gasteiger charge is 2.33. The number of aromatic nitrogens is 1. The van der Waals surface area contributed by atoms with E-state index in [4.69, 9.17) is 4.74 Å². The zero-order valence-electron chi connectivity index (χ0n) is 21.3. The zero-order chi connectivity index (χ0) is 27.2. The van der Waals surface area contributed by atoms with Gasteiger partial charge in [-0.05, 0) is 25.5 Å². The number of carbonyl (C=O) groups is 2. The van der Waals surface area contributed by atoms with Crippen LogP contribution in [0.1, 0.15) is 56.3 Å². The van der Waals surface area contributed by atoms with Crippen molar-refractivity contribution < 1.29 is 19.4 Å². The summed E-state index contributed by atoms with van der Waals surface area (Å²) in [6.45, 7) is 5.27. The number of nitrogens with zero attached hydrogens (tertiary/aromatic N) is 4. The maximum Gasteiger partial charge on any atom is 0.198 e. The largest absolute Gasteiger partial charge is 0.507 e. The third-order valence-electron chi connectivity index (χ3n) is 5.99. The van der Waals surface area contributed by atoms with Crippen LogP contribution in [0.15, 0.2) is 46.6 Å². The summed E-state index contributed by atoms with van der Waals surface area (Å²) in [6, 6.07) is 11.2. The predicted molar refractivity (Wildman–Crippen MR) is 142 cm³/mol. The highest BCUT2D eigenvalue weighted by molar-refractivity contribution is 6.30. The molecule has 0 atom stereocenters. The van der Waals surface area contributed by atoms with Gasteiger partial charge in [0.25, 0.3) is 0 Å². The number of aromatic hydroxyl groups is 1. The van der Waals surface area contributed by atoms with Gasteiger partial charge in [-0.15, -0.1) is 10.2 Å². The topological polar surface area (TPSA) is 161 Å². The van der Waals surface area contributed by atoms with E-state index < -0.39 is 11.6 Å². The van der Waals surface area contributed by atoms with Crippen molar-refractivity contribution in [3.05, 3.63) is 69.8 Å². The number of pyridine rings is 1. The molecule has 0 unspecified atom stereocenters. The Morgan fingerprint density at radius 2 is 1.74 bits per heavy atom. The highest BCUT2D eigenvalue weighted by Crippen LogP contribution is 2.39. The average Bonchev–Trinajstić information content (AvgIpc) is 2.91. The SMILES string of the molecule is CCCNNc1nc(NCCOC)c(C#N)c(C)c1/N=N/c1cccc2c1C(=O)c1cccc(O)c1C2=O. The fraction of sp³-hybridized carbons (Fsp3) is 0.259. The van der Waals surface area contributed by atoms with Gasteiger partial charge in [-0.25, -0.2) is 10.4 Å². The smallest absolute Gasteiger partial charge is 0.198 e. The van der Waals surface area contributed by atoms with Crippen LogP contribution >= 0.6 is 0 Å². The molecule has 2 aromatic carbocycles. The minimum atomic E-state index is -0.466. The molecule has 194 valence electrons. The fourth-order valence-corrected chi connectivity index (χ4v) is 4.10. The van der Waals surface area contributed by atoms with Crippen molar-refractivity contribution in [1.82, 2.24) is 10.4 Å². The molecule has 0 saturated heterocycles. The molecule has 4 rings (SSSR count). The summed E-state index contributed by atoms with van der Waals surface area (Å²) in [5.74, 6) is -0.448. The van der Waals surface area contributed by atoms with Crippen molar-refractivity contribution in [3.8, 4) is 11.8 Å². The van der Waals surface area contributed by atoms with Gasteiger partial charge in [-0.2, -0.15) is 5.26 Å². The number of phenols is 1. The van der Waals surface area contributed by atoms with Crippen LogP contribution in [0.2, 0.25) is 0 Å². The lowest BCUT2D eigenvalue weighted by Gasteiger charge is -2.19. The fourth-order valence-electron chi connectivity index (χ4n) is 4.10. The van der Waals surface area contributed by atoms with Crippen LogP contribution in [0, 0.1) is 18.3 Å². The molecular formula is C27H27N7O4. The van der Waals surface area contributed by atoms with Gasteiger partial charge >= 0.3 is 0 Å². The van der Waals surface area contributed by atoms with Crippen molar-refractivity contribution in [2.75, 3.05) is 37.5 Å². The quantitative estimate of drug-likeness (QED) is 0.135. The van der Waals surface area contributed by atoms with E-state index in [1.807, 2.05) is 6.92 Å². The van der Waals surface area contributed by atoms with E-state index in [-0.39, 0.29) is 33.7 Å². The molecule has 4 N–H and O–H groups in total. The third-order valence-corrected chi connectivity index (χ3v) is 5.99. The van der Waals surface area contributed by atoms with Gasteiger partial charge < -0.3 is 20.6 Å². The van der Waals surface area contributed by atoms with Gasteiger partial charge in [0, 0.05) is 36.9 Å². The summed E-state index contributed by atoms with van der Waals surface area (Å²) in [6.07, 6.45) is 0.862. The Morgan fingerprint density at radius 3 is 2.45 bits per heavy atom. The Morgan fingerprint density at radius 1 is 1.03 bits per heavy atom. The van der Waals surface area contributed by atoms with Gasteiger partial charge in [0.15, 0.2) is 17.4 Å². The Labute approximate surface area is 219 Å². The first-order valence-corrected chi connectivity index (χ1v) is 12.0. The number of hydrogen-bond acceptors (Lipinski definition) is 11. The van der Waals surface area contributed by atoms with Gasteiger partial charge in [0.05, 0.1) is 29.0 Å². The van der Waals surface area contributed by atoms with Crippen LogP contribution in [0.5, 0.6) is 5.75 Å². The monoisotopic (exact) mass is 513 g/mol. The molecule has 0 spiro atoms.